The number of nitrogens with zero attached hydrogens (tertiary/aromatic N) is 2. The molecule has 1 heterocycles. The van der Waals surface area contributed by atoms with Crippen LogP contribution < -0.4 is 5.32 Å². The van der Waals surface area contributed by atoms with E-state index in [4.69, 9.17) is 0 Å². The Morgan fingerprint density at radius 3 is 2.94 bits per heavy atom. The van der Waals surface area contributed by atoms with Crippen molar-refractivity contribution in [3.05, 3.63) is 48.1 Å². The summed E-state index contributed by atoms with van der Waals surface area (Å²) in [5, 5.41) is 2.86. The first-order valence-electron chi connectivity index (χ1n) is 5.90. The summed E-state index contributed by atoms with van der Waals surface area (Å²) in [6.07, 6.45) is 4.58. The molecule has 0 amide bonds. The molecule has 0 aliphatic heterocycles. The molecule has 2 rings (SSSR count). The molecule has 0 spiro atoms. The number of anilines is 1. The maximum atomic E-state index is 13.4. The van der Waals surface area contributed by atoms with E-state index in [1.165, 1.54) is 12.1 Å². The van der Waals surface area contributed by atoms with Crippen LogP contribution in [0.1, 0.15) is 19.2 Å². The van der Waals surface area contributed by atoms with Crippen LogP contribution in [0.4, 0.5) is 14.5 Å². The fraction of sp³-hybridized carbons (Fsp3) is 0.308. The Bertz CT molecular complexity index is 523. The summed E-state index contributed by atoms with van der Waals surface area (Å²) in [6, 6.07) is 4.07. The van der Waals surface area contributed by atoms with Gasteiger partial charge in [-0.25, -0.2) is 13.8 Å². The highest BCUT2D eigenvalue weighted by Crippen LogP contribution is 2.17. The first-order valence-corrected chi connectivity index (χ1v) is 5.90. The van der Waals surface area contributed by atoms with Crippen molar-refractivity contribution in [2.75, 3.05) is 5.32 Å². The minimum atomic E-state index is -0.855. The summed E-state index contributed by atoms with van der Waals surface area (Å²) in [5.41, 5.74) is 0.154. The van der Waals surface area contributed by atoms with E-state index in [1.807, 2.05) is 10.8 Å². The molecule has 0 aliphatic carbocycles. The molecule has 0 aliphatic rings. The van der Waals surface area contributed by atoms with Crippen molar-refractivity contribution in [3.63, 3.8) is 0 Å². The van der Waals surface area contributed by atoms with Crippen molar-refractivity contribution in [3.8, 4) is 0 Å². The standard InChI is InChI=1S/C13H15F2N3/c1-2-7-18-8-6-16-12(18)9-17-11-5-3-4-10(14)13(11)15/h3-6,8,17H,2,7,9H2,1H3. The van der Waals surface area contributed by atoms with Crippen molar-refractivity contribution < 1.29 is 8.78 Å². The van der Waals surface area contributed by atoms with Crippen molar-refractivity contribution in [2.45, 2.75) is 26.4 Å². The lowest BCUT2D eigenvalue weighted by molar-refractivity contribution is 0.510. The SMILES string of the molecule is CCCn1ccnc1CNc1cccc(F)c1F. The van der Waals surface area contributed by atoms with Crippen LogP contribution in [-0.2, 0) is 13.1 Å². The van der Waals surface area contributed by atoms with E-state index in [-0.39, 0.29) is 5.69 Å². The summed E-state index contributed by atoms with van der Waals surface area (Å²) < 4.78 is 28.4. The van der Waals surface area contributed by atoms with Crippen molar-refractivity contribution in [1.29, 1.82) is 0 Å². The molecule has 0 bridgehead atoms. The molecule has 18 heavy (non-hydrogen) atoms. The Balaban J connectivity index is 2.07. The predicted molar refractivity (Wildman–Crippen MR) is 66.2 cm³/mol. The fourth-order valence-electron chi connectivity index (χ4n) is 1.77. The number of hydrogen-bond acceptors (Lipinski definition) is 2. The first-order chi connectivity index (χ1) is 8.72. The molecule has 0 radical (unpaired) electrons. The lowest BCUT2D eigenvalue weighted by Crippen LogP contribution is -2.09. The van der Waals surface area contributed by atoms with Crippen LogP contribution >= 0.6 is 0 Å². The number of halogens is 2. The zero-order valence-corrected chi connectivity index (χ0v) is 10.2. The van der Waals surface area contributed by atoms with E-state index in [0.29, 0.717) is 6.54 Å². The Hall–Kier alpha value is -1.91. The predicted octanol–water partition coefficient (Wildman–Crippen LogP) is 3.18. The van der Waals surface area contributed by atoms with E-state index in [1.54, 1.807) is 6.20 Å². The second kappa shape index (κ2) is 5.62. The molecule has 0 unspecified atom stereocenters. The van der Waals surface area contributed by atoms with E-state index in [2.05, 4.69) is 17.2 Å². The molecule has 3 nitrogen and oxygen atoms in total. The van der Waals surface area contributed by atoms with Crippen molar-refractivity contribution >= 4 is 5.69 Å². The van der Waals surface area contributed by atoms with Crippen molar-refractivity contribution in [1.82, 2.24) is 9.55 Å². The van der Waals surface area contributed by atoms with Gasteiger partial charge in [-0.05, 0) is 18.6 Å². The topological polar surface area (TPSA) is 29.9 Å². The van der Waals surface area contributed by atoms with Gasteiger partial charge in [-0.15, -0.1) is 0 Å². The normalized spacial score (nSPS) is 10.6. The molecule has 96 valence electrons. The lowest BCUT2D eigenvalue weighted by Gasteiger charge is -2.09. The highest BCUT2D eigenvalue weighted by molar-refractivity contribution is 5.44. The first kappa shape index (κ1) is 12.5. The smallest absolute Gasteiger partial charge is 0.181 e. The molecule has 1 aromatic carbocycles. The second-order valence-corrected chi connectivity index (χ2v) is 3.99. The molecule has 0 fully saturated rings. The number of imidazole rings is 1. The second-order valence-electron chi connectivity index (χ2n) is 3.99. The molecule has 0 atom stereocenters. The highest BCUT2D eigenvalue weighted by atomic mass is 19.2. The van der Waals surface area contributed by atoms with E-state index < -0.39 is 11.6 Å². The summed E-state index contributed by atoms with van der Waals surface area (Å²) >= 11 is 0. The minimum Gasteiger partial charge on any atom is -0.375 e. The fourth-order valence-corrected chi connectivity index (χ4v) is 1.77. The largest absolute Gasteiger partial charge is 0.375 e. The van der Waals surface area contributed by atoms with Crippen LogP contribution in [0, 0.1) is 11.6 Å². The monoisotopic (exact) mass is 251 g/mol. The third-order valence-corrected chi connectivity index (χ3v) is 2.65. The number of aryl methyl sites for hydroxylation is 1. The van der Waals surface area contributed by atoms with Gasteiger partial charge in [0.1, 0.15) is 5.82 Å². The zero-order chi connectivity index (χ0) is 13.0. The number of benzene rings is 1. The van der Waals surface area contributed by atoms with Gasteiger partial charge in [0, 0.05) is 18.9 Å². The van der Waals surface area contributed by atoms with E-state index in [9.17, 15) is 8.78 Å². The zero-order valence-electron chi connectivity index (χ0n) is 10.2. The van der Waals surface area contributed by atoms with Gasteiger partial charge in [0.15, 0.2) is 11.6 Å². The molecule has 0 saturated heterocycles. The summed E-state index contributed by atoms with van der Waals surface area (Å²) in [5.74, 6) is -0.900. The van der Waals surface area contributed by atoms with Crippen LogP contribution in [0.5, 0.6) is 0 Å². The maximum absolute atomic E-state index is 13.4. The van der Waals surface area contributed by atoms with Gasteiger partial charge in [-0.1, -0.05) is 13.0 Å². The number of aromatic nitrogens is 2. The molecule has 1 N–H and O–H groups in total. The molecule has 1 aromatic heterocycles. The van der Waals surface area contributed by atoms with Crippen LogP contribution in [0.15, 0.2) is 30.6 Å². The summed E-state index contributed by atoms with van der Waals surface area (Å²) in [4.78, 5) is 4.19. The highest BCUT2D eigenvalue weighted by Gasteiger charge is 2.08. The van der Waals surface area contributed by atoms with E-state index in [0.717, 1.165) is 24.9 Å². The number of hydrogen-bond donors (Lipinski definition) is 1. The van der Waals surface area contributed by atoms with Gasteiger partial charge in [0.25, 0.3) is 0 Å². The van der Waals surface area contributed by atoms with Gasteiger partial charge in [-0.2, -0.15) is 0 Å². The number of rotatable bonds is 5. The van der Waals surface area contributed by atoms with E-state index >= 15 is 0 Å². The van der Waals surface area contributed by atoms with Gasteiger partial charge in [-0.3, -0.25) is 0 Å². The average Bonchev–Trinajstić information content (AvgIpc) is 2.79. The molecule has 2 aromatic rings. The van der Waals surface area contributed by atoms with Gasteiger partial charge >= 0.3 is 0 Å². The summed E-state index contributed by atoms with van der Waals surface area (Å²) in [6.45, 7) is 3.31. The Morgan fingerprint density at radius 1 is 1.33 bits per heavy atom. The summed E-state index contributed by atoms with van der Waals surface area (Å²) in [7, 11) is 0. The van der Waals surface area contributed by atoms with Gasteiger partial charge in [0.05, 0.1) is 12.2 Å². The lowest BCUT2D eigenvalue weighted by atomic mass is 10.3. The van der Waals surface area contributed by atoms with Crippen molar-refractivity contribution in [2.24, 2.45) is 0 Å². The maximum Gasteiger partial charge on any atom is 0.181 e. The minimum absolute atomic E-state index is 0.154. The van der Waals surface area contributed by atoms with Crippen LogP contribution in [0.3, 0.4) is 0 Å². The Labute approximate surface area is 104 Å². The molecule has 5 heteroatoms. The van der Waals surface area contributed by atoms with Crippen LogP contribution in [0.25, 0.3) is 0 Å². The van der Waals surface area contributed by atoms with Gasteiger partial charge in [0.2, 0.25) is 0 Å². The third kappa shape index (κ3) is 2.67. The molecular weight excluding hydrogens is 236 g/mol. The molecular formula is C13H15F2N3. The number of nitrogens with one attached hydrogen (secondary N) is 1. The Kier molecular flexibility index (Phi) is 3.92. The third-order valence-electron chi connectivity index (χ3n) is 2.65. The molecule has 0 saturated carbocycles. The van der Waals surface area contributed by atoms with Gasteiger partial charge < -0.3 is 9.88 Å². The van der Waals surface area contributed by atoms with Crippen LogP contribution in [-0.4, -0.2) is 9.55 Å². The van der Waals surface area contributed by atoms with Crippen LogP contribution in [0.2, 0.25) is 0 Å². The Morgan fingerprint density at radius 2 is 2.17 bits per heavy atom. The average molecular weight is 251 g/mol. The quantitative estimate of drug-likeness (QED) is 0.884.